The Morgan fingerprint density at radius 1 is 1.32 bits per heavy atom. The summed E-state index contributed by atoms with van der Waals surface area (Å²) >= 11 is 5.41. The molecule has 19 heavy (non-hydrogen) atoms. The molecule has 2 aromatic rings. The molecular weight excluding hydrogens is 318 g/mol. The lowest BCUT2D eigenvalue weighted by Gasteiger charge is -2.21. The average molecular weight is 338 g/mol. The van der Waals surface area contributed by atoms with E-state index in [1.807, 2.05) is 0 Å². The fraction of sp³-hybridized carbons (Fsp3) is 0.375. The van der Waals surface area contributed by atoms with E-state index in [2.05, 4.69) is 70.1 Å². The molecule has 0 spiro atoms. The minimum Gasteiger partial charge on any atom is -0.310 e. The zero-order valence-corrected chi connectivity index (χ0v) is 13.9. The molecule has 1 aromatic carbocycles. The predicted octanol–water partition coefficient (Wildman–Crippen LogP) is 5.10. The van der Waals surface area contributed by atoms with E-state index in [0.717, 1.165) is 19.4 Å². The molecule has 0 fully saturated rings. The average Bonchev–Trinajstić information content (AvgIpc) is 2.91. The van der Waals surface area contributed by atoms with Gasteiger partial charge in [0.05, 0.1) is 0 Å². The molecule has 0 bridgehead atoms. The molecule has 0 aliphatic carbocycles. The monoisotopic (exact) mass is 337 g/mol. The first-order chi connectivity index (χ1) is 9.22. The number of halogens is 1. The Hall–Kier alpha value is -0.640. The molecule has 1 unspecified atom stereocenters. The lowest BCUT2D eigenvalue weighted by Crippen LogP contribution is -2.24. The third kappa shape index (κ3) is 3.91. The normalized spacial score (nSPS) is 12.6. The molecule has 2 rings (SSSR count). The lowest BCUT2D eigenvalue weighted by atomic mass is 9.96. The van der Waals surface area contributed by atoms with Crippen LogP contribution < -0.4 is 5.32 Å². The maximum Gasteiger partial charge on any atom is 0.0364 e. The van der Waals surface area contributed by atoms with Crippen LogP contribution >= 0.6 is 27.3 Å². The minimum atomic E-state index is 0.395. The first-order valence-corrected chi connectivity index (χ1v) is 8.45. The van der Waals surface area contributed by atoms with E-state index in [1.165, 1.54) is 21.2 Å². The third-order valence-electron chi connectivity index (χ3n) is 3.35. The van der Waals surface area contributed by atoms with Gasteiger partial charge in [-0.1, -0.05) is 35.0 Å². The molecule has 0 radical (unpaired) electrons. The molecular formula is C16H20BrNS. The lowest BCUT2D eigenvalue weighted by molar-refractivity contribution is 0.527. The second kappa shape index (κ2) is 7.22. The van der Waals surface area contributed by atoms with Crippen molar-refractivity contribution in [1.29, 1.82) is 0 Å². The highest BCUT2D eigenvalue weighted by Gasteiger charge is 2.15. The van der Waals surface area contributed by atoms with Gasteiger partial charge in [-0.2, -0.15) is 11.3 Å². The maximum atomic E-state index is 3.68. The number of thiophene rings is 1. The number of rotatable bonds is 6. The van der Waals surface area contributed by atoms with Crippen LogP contribution in [0.4, 0.5) is 0 Å². The van der Waals surface area contributed by atoms with Crippen LogP contribution in [0.25, 0.3) is 0 Å². The number of benzene rings is 1. The highest BCUT2D eigenvalue weighted by Crippen LogP contribution is 2.27. The van der Waals surface area contributed by atoms with Crippen LogP contribution in [0, 0.1) is 6.92 Å². The van der Waals surface area contributed by atoms with E-state index in [-0.39, 0.29) is 0 Å². The van der Waals surface area contributed by atoms with Crippen LogP contribution in [0.15, 0.2) is 39.5 Å². The van der Waals surface area contributed by atoms with Gasteiger partial charge in [0.15, 0.2) is 0 Å². The Kier molecular flexibility index (Phi) is 5.61. The van der Waals surface area contributed by atoms with Gasteiger partial charge in [-0.25, -0.2) is 0 Å². The Bertz CT molecular complexity index is 507. The van der Waals surface area contributed by atoms with Crippen LogP contribution in [0.1, 0.15) is 36.1 Å². The minimum absolute atomic E-state index is 0.395. The fourth-order valence-electron chi connectivity index (χ4n) is 2.26. The van der Waals surface area contributed by atoms with Crippen LogP contribution in [-0.4, -0.2) is 6.54 Å². The molecule has 1 aromatic heterocycles. The SMILES string of the molecule is CCCNC(Cc1ccsc1)c1cccc(Br)c1C. The van der Waals surface area contributed by atoms with E-state index >= 15 is 0 Å². The van der Waals surface area contributed by atoms with E-state index < -0.39 is 0 Å². The molecule has 0 saturated carbocycles. The van der Waals surface area contributed by atoms with Crippen molar-refractivity contribution in [1.82, 2.24) is 5.32 Å². The van der Waals surface area contributed by atoms with Crippen molar-refractivity contribution >= 4 is 27.3 Å². The van der Waals surface area contributed by atoms with Gasteiger partial charge >= 0.3 is 0 Å². The summed E-state index contributed by atoms with van der Waals surface area (Å²) in [6, 6.07) is 9.09. The Labute approximate surface area is 128 Å². The summed E-state index contributed by atoms with van der Waals surface area (Å²) in [7, 11) is 0. The van der Waals surface area contributed by atoms with Gasteiger partial charge in [0.2, 0.25) is 0 Å². The van der Waals surface area contributed by atoms with E-state index in [0.29, 0.717) is 6.04 Å². The number of hydrogen-bond acceptors (Lipinski definition) is 2. The topological polar surface area (TPSA) is 12.0 Å². The largest absolute Gasteiger partial charge is 0.310 e. The van der Waals surface area contributed by atoms with Gasteiger partial charge in [0.25, 0.3) is 0 Å². The van der Waals surface area contributed by atoms with Crippen molar-refractivity contribution in [2.75, 3.05) is 6.54 Å². The van der Waals surface area contributed by atoms with Crippen LogP contribution in [-0.2, 0) is 6.42 Å². The molecule has 0 aliphatic heterocycles. The molecule has 1 atom stereocenters. The van der Waals surface area contributed by atoms with E-state index in [1.54, 1.807) is 11.3 Å². The first kappa shape index (κ1) is 14.8. The number of hydrogen-bond donors (Lipinski definition) is 1. The molecule has 0 aliphatic rings. The number of nitrogens with one attached hydrogen (secondary N) is 1. The van der Waals surface area contributed by atoms with Crippen molar-refractivity contribution in [2.24, 2.45) is 0 Å². The van der Waals surface area contributed by atoms with Gasteiger partial charge in [0.1, 0.15) is 0 Å². The molecule has 102 valence electrons. The van der Waals surface area contributed by atoms with Crippen LogP contribution in [0.2, 0.25) is 0 Å². The maximum absolute atomic E-state index is 3.68. The van der Waals surface area contributed by atoms with Crippen LogP contribution in [0.5, 0.6) is 0 Å². The second-order valence-electron chi connectivity index (χ2n) is 4.80. The second-order valence-corrected chi connectivity index (χ2v) is 6.43. The van der Waals surface area contributed by atoms with Gasteiger partial charge < -0.3 is 5.32 Å². The highest BCUT2D eigenvalue weighted by molar-refractivity contribution is 9.10. The first-order valence-electron chi connectivity index (χ1n) is 6.71. The van der Waals surface area contributed by atoms with Gasteiger partial charge in [-0.05, 0) is 65.9 Å². The van der Waals surface area contributed by atoms with Crippen molar-refractivity contribution < 1.29 is 0 Å². The summed E-state index contributed by atoms with van der Waals surface area (Å²) in [5, 5.41) is 8.07. The highest BCUT2D eigenvalue weighted by atomic mass is 79.9. The third-order valence-corrected chi connectivity index (χ3v) is 4.94. The van der Waals surface area contributed by atoms with E-state index in [4.69, 9.17) is 0 Å². The Morgan fingerprint density at radius 3 is 2.84 bits per heavy atom. The molecule has 0 saturated heterocycles. The summed E-state index contributed by atoms with van der Waals surface area (Å²) in [4.78, 5) is 0. The molecule has 1 nitrogen and oxygen atoms in total. The molecule has 1 N–H and O–H groups in total. The fourth-order valence-corrected chi connectivity index (χ4v) is 3.32. The predicted molar refractivity (Wildman–Crippen MR) is 87.9 cm³/mol. The van der Waals surface area contributed by atoms with Crippen molar-refractivity contribution in [3.05, 3.63) is 56.2 Å². The standard InChI is InChI=1S/C16H20BrNS/c1-3-8-18-16(10-13-7-9-19-11-13)14-5-4-6-15(17)12(14)2/h4-7,9,11,16,18H,3,8,10H2,1-2H3. The smallest absolute Gasteiger partial charge is 0.0364 e. The Balaban J connectivity index is 2.23. The van der Waals surface area contributed by atoms with Gasteiger partial charge in [0, 0.05) is 10.5 Å². The van der Waals surface area contributed by atoms with Crippen molar-refractivity contribution in [3.8, 4) is 0 Å². The molecule has 1 heterocycles. The van der Waals surface area contributed by atoms with Crippen LogP contribution in [0.3, 0.4) is 0 Å². The summed E-state index contributed by atoms with van der Waals surface area (Å²) in [6.45, 7) is 5.46. The molecule has 0 amide bonds. The van der Waals surface area contributed by atoms with E-state index in [9.17, 15) is 0 Å². The summed E-state index contributed by atoms with van der Waals surface area (Å²) in [5.41, 5.74) is 4.15. The summed E-state index contributed by atoms with van der Waals surface area (Å²) < 4.78 is 1.19. The zero-order chi connectivity index (χ0) is 13.7. The zero-order valence-electron chi connectivity index (χ0n) is 11.4. The molecule has 3 heteroatoms. The summed E-state index contributed by atoms with van der Waals surface area (Å²) in [6.07, 6.45) is 2.22. The summed E-state index contributed by atoms with van der Waals surface area (Å²) in [5.74, 6) is 0. The quantitative estimate of drug-likeness (QED) is 0.772. The van der Waals surface area contributed by atoms with Crippen molar-refractivity contribution in [2.45, 2.75) is 32.7 Å². The van der Waals surface area contributed by atoms with Gasteiger partial charge in [-0.15, -0.1) is 0 Å². The Morgan fingerprint density at radius 2 is 2.16 bits per heavy atom. The van der Waals surface area contributed by atoms with Gasteiger partial charge in [-0.3, -0.25) is 0 Å². The van der Waals surface area contributed by atoms with Crippen molar-refractivity contribution in [3.63, 3.8) is 0 Å².